The van der Waals surface area contributed by atoms with E-state index in [2.05, 4.69) is 76.6 Å². The van der Waals surface area contributed by atoms with Gasteiger partial charge in [0.15, 0.2) is 28.9 Å². The van der Waals surface area contributed by atoms with E-state index in [1.165, 1.54) is 134 Å². The molecule has 39 heteroatoms. The number of anilines is 4. The molecule has 0 saturated heterocycles. The minimum Gasteiger partial charge on any atom is -0.412 e. The molecule has 119 heavy (non-hydrogen) atoms. The number of hydrogen-bond donors (Lipinski definition) is 6. The van der Waals surface area contributed by atoms with Crippen LogP contribution in [0, 0.1) is 81.8 Å². The molecule has 19 rings (SSSR count). The smallest absolute Gasteiger partial charge is 0.185 e. The first kappa shape index (κ1) is 91.1. The number of benzene rings is 8. The molecule has 4 atom stereocenters. The molecule has 8 aromatic carbocycles. The van der Waals surface area contributed by atoms with Crippen molar-refractivity contribution in [1.29, 1.82) is 11.1 Å². The van der Waals surface area contributed by atoms with Crippen LogP contribution in [-0.2, 0) is 159 Å². The molecule has 0 spiro atoms. The Kier molecular flexibility index (Phi) is 29.1. The van der Waals surface area contributed by atoms with E-state index in [1.54, 1.807) is 78.6 Å². The number of Topliss-reactive ketones (excluding diaryl/α,β-unsaturated/α-hetero) is 5. The maximum Gasteiger partial charge on any atom is 0.185 e. The number of rotatable bonds is 9. The number of hydrogen-bond acceptors (Lipinski definition) is 22. The summed E-state index contributed by atoms with van der Waals surface area (Å²) in [6.45, 7) is 1.10. The summed E-state index contributed by atoms with van der Waals surface area (Å²) in [6, 6.07) is 35.9. The number of nitrogens with one attached hydrogen (secondary N) is 6. The number of aryl methyl sites for hydroxylation is 4. The van der Waals surface area contributed by atoms with Crippen molar-refractivity contribution in [3.8, 4) is 0 Å². The third-order valence-electron chi connectivity index (χ3n) is 19.8. The number of nitrogens with zero attached hydrogens (tertiary/aromatic N) is 15. The first-order valence-electron chi connectivity index (χ1n) is 34.8. The fourth-order valence-corrected chi connectivity index (χ4v) is 14.8. The molecule has 0 fully saturated rings. The maximum atomic E-state index is 14.2. The van der Waals surface area contributed by atoms with Crippen LogP contribution in [0.4, 0.5) is 57.9 Å². The van der Waals surface area contributed by atoms with Crippen molar-refractivity contribution in [1.82, 2.24) is 59.1 Å². The van der Waals surface area contributed by atoms with Gasteiger partial charge in [0.25, 0.3) is 0 Å². The molecule has 7 aliphatic heterocycles. The first-order valence-corrected chi connectivity index (χ1v) is 34.8. The van der Waals surface area contributed by atoms with E-state index >= 15 is 0 Å². The van der Waals surface area contributed by atoms with Gasteiger partial charge in [-0.2, -0.15) is 91.2 Å². The number of carbonyl (C=O) groups is 5. The second-order valence-corrected chi connectivity index (χ2v) is 26.7. The van der Waals surface area contributed by atoms with Crippen LogP contribution in [0.15, 0.2) is 186 Å². The van der Waals surface area contributed by atoms with Gasteiger partial charge in [-0.15, -0.1) is 0 Å². The topological polar surface area (TPSA) is 373 Å². The van der Waals surface area contributed by atoms with Crippen LogP contribution < -0.4 is 21.3 Å². The van der Waals surface area contributed by atoms with Crippen LogP contribution in [0.1, 0.15) is 146 Å². The van der Waals surface area contributed by atoms with Gasteiger partial charge in [0.1, 0.15) is 91.5 Å². The molecule has 11 heterocycles. The quantitative estimate of drug-likeness (QED) is 0.0338. The molecule has 0 bridgehead atoms. The number of aliphatic imine (C=N–C) groups is 3. The van der Waals surface area contributed by atoms with E-state index in [0.29, 0.717) is 137 Å². The first-order chi connectivity index (χ1) is 54.9. The normalized spacial score (nSPS) is 16.4. The number of ketones is 5. The van der Waals surface area contributed by atoms with Crippen LogP contribution in [0.3, 0.4) is 0 Å². The van der Waals surface area contributed by atoms with Crippen LogP contribution in [0.5, 0.6) is 0 Å². The molecule has 4 aromatic heterocycles. The van der Waals surface area contributed by atoms with Crippen molar-refractivity contribution >= 4 is 68.8 Å². The van der Waals surface area contributed by atoms with E-state index in [9.17, 15) is 59.1 Å². The predicted octanol–water partition coefficient (Wildman–Crippen LogP) is 11.9. The summed E-state index contributed by atoms with van der Waals surface area (Å²) in [5, 5.41) is 29.3. The van der Waals surface area contributed by atoms with Gasteiger partial charge in [0.05, 0.1) is 69.6 Å². The third kappa shape index (κ3) is 17.7. The number of halogens is 8. The second kappa shape index (κ2) is 38.0. The van der Waals surface area contributed by atoms with Crippen LogP contribution in [0.2, 0.25) is 0 Å². The Morgan fingerprint density at radius 1 is 0.370 bits per heavy atom. The van der Waals surface area contributed by atoms with Crippen molar-refractivity contribution in [2.45, 2.75) is 30.6 Å². The summed E-state index contributed by atoms with van der Waals surface area (Å²) in [5.74, 6) is -5.28. The molecule has 0 amide bonds. The summed E-state index contributed by atoms with van der Waals surface area (Å²) < 4.78 is 117. The Hall–Kier alpha value is -10.2. The van der Waals surface area contributed by atoms with Gasteiger partial charge < -0.3 is 26.7 Å². The van der Waals surface area contributed by atoms with Crippen molar-refractivity contribution in [2.75, 3.05) is 40.9 Å². The van der Waals surface area contributed by atoms with Gasteiger partial charge in [-0.1, -0.05) is 72.7 Å². The molecule has 4 radical (unpaired) electrons. The van der Waals surface area contributed by atoms with Crippen molar-refractivity contribution in [2.24, 2.45) is 43.2 Å². The SMILES string of the molecule is CC(=O)c1cc(F)cc2c1C(=O)C(c1ncnn1C)[C-](c1ccc(F)cc1)N2.Cn1ncnc1C1C2=NCC(=O)c3cc(F)cc(c32)N[C-]1c1ccc(F)cc1.Cn1ncnc1[C@@H]1C2=NCC(=O)c3cc(F)cc(c32)N[C-]1c1ccc(F)cc1.Cn1ncnc1[C@H]1C2=NCC(=O)c3cc(F)cc(c32)N[C-]1c1ccc(F)cc1.N=N.O.[HH].[Y].[Y].[Y].[Y]. The molecule has 12 aromatic rings. The maximum absolute atomic E-state index is 14.2. The fourth-order valence-electron chi connectivity index (χ4n) is 14.8. The molecular weight excluding hydrogens is 1860 g/mol. The van der Waals surface area contributed by atoms with Crippen molar-refractivity contribution < 1.29 is 197 Å². The Morgan fingerprint density at radius 2 is 0.605 bits per heavy atom. The summed E-state index contributed by atoms with van der Waals surface area (Å²) in [6.07, 6.45) is 5.63. The average Bonchev–Trinajstić information content (AvgIpc) is 0.992. The minimum atomic E-state index is -0.908. The van der Waals surface area contributed by atoms with Gasteiger partial charge in [0.2, 0.25) is 0 Å². The van der Waals surface area contributed by atoms with Crippen LogP contribution in [0.25, 0.3) is 0 Å². The van der Waals surface area contributed by atoms with Gasteiger partial charge in [0, 0.05) is 222 Å². The predicted molar refractivity (Wildman–Crippen MR) is 403 cm³/mol. The zero-order chi connectivity index (χ0) is 80.2. The zero-order valence-corrected chi connectivity index (χ0v) is 74.5. The molecule has 27 nitrogen and oxygen atoms in total. The molecule has 7 aliphatic rings. The largest absolute Gasteiger partial charge is 0.412 e. The summed E-state index contributed by atoms with van der Waals surface area (Å²) in [7, 11) is 6.94. The monoisotopic (exact) mass is 1920 g/mol. The molecule has 0 aliphatic carbocycles. The molecule has 2 unspecified atom stereocenters. The molecule has 8 N–H and O–H groups in total. The molecule has 596 valence electrons. The third-order valence-corrected chi connectivity index (χ3v) is 19.8. The van der Waals surface area contributed by atoms with E-state index in [0.717, 1.165) is 12.1 Å². The zero-order valence-electron chi connectivity index (χ0n) is 63.2. The minimum absolute atomic E-state index is 0. The van der Waals surface area contributed by atoms with Crippen LogP contribution in [-0.4, -0.2) is 130 Å². The Balaban J connectivity index is 0.000000178. The fraction of sp³-hybridized carbons (Fsp3) is 0.150. The Morgan fingerprint density at radius 3 is 0.849 bits per heavy atom. The Bertz CT molecular complexity index is 5560. The van der Waals surface area contributed by atoms with Gasteiger partial charge in [-0.25, -0.2) is 66.1 Å². The van der Waals surface area contributed by atoms with Crippen molar-refractivity contribution in [3.63, 3.8) is 0 Å². The van der Waals surface area contributed by atoms with Gasteiger partial charge >= 0.3 is 0 Å². The standard InChI is InChI=1S/3C20H14F2N5O.C20H15F2N4O2.H2N2.H2O.4Y.H2/c3*1-27-20(24-9-25-27)17-18(10-2-4-11(21)5-3-10)26-14-7-12(22)6-13-15(28)8-23-19(17)16(13)14;1-10(27)14-7-13(22)8-15-16(14)19(28)17(20-23-9-24-26(20)2)18(25-15)11-3-5-12(21)6-4-11;1-2;;;;;;/h3*2-7,9,17,26H,8H2,1H3;3-9,17,25H,1-2H3;1-2H;1H2;;;;;1H/q4*-1;;;;;;;/t2*17-;;;;;;;;;/m10........./s1. The van der Waals surface area contributed by atoms with E-state index in [-0.39, 0.29) is 209 Å². The Labute approximate surface area is 774 Å². The van der Waals surface area contributed by atoms with E-state index in [4.69, 9.17) is 11.1 Å². The number of fused-ring (bicyclic) bond motifs is 1. The van der Waals surface area contributed by atoms with Gasteiger partial charge in [-0.05, 0) is 55.5 Å². The summed E-state index contributed by atoms with van der Waals surface area (Å²) in [4.78, 5) is 93.4. The summed E-state index contributed by atoms with van der Waals surface area (Å²) >= 11 is 0. The van der Waals surface area contributed by atoms with E-state index < -0.39 is 64.3 Å². The molecular formula is C80H63F8N21O6Y4-4. The van der Waals surface area contributed by atoms with E-state index in [1.807, 2.05) is 0 Å². The second-order valence-electron chi connectivity index (χ2n) is 26.7. The number of carbonyl (C=O) groups excluding carboxylic acids is 5. The number of aromatic nitrogens is 12. The van der Waals surface area contributed by atoms with Crippen LogP contribution >= 0.6 is 0 Å². The van der Waals surface area contributed by atoms with Gasteiger partial charge in [-0.3, -0.25) is 57.7 Å². The summed E-state index contributed by atoms with van der Waals surface area (Å²) in [5.41, 5.74) is 18.9. The average molecular weight is 1920 g/mol. The molecule has 0 saturated carbocycles. The van der Waals surface area contributed by atoms with Crippen molar-refractivity contribution in [3.05, 3.63) is 332 Å².